The van der Waals surface area contributed by atoms with Gasteiger partial charge in [0.2, 0.25) is 6.17 Å². The van der Waals surface area contributed by atoms with Crippen LogP contribution in [0.2, 0.25) is 0 Å². The standard InChI is InChI=1S/C7H8F6/c1-2-7(12,13)6(11)5(10)4(9)3-8/h2,4-6H,1,3H2. The van der Waals surface area contributed by atoms with Gasteiger partial charge in [-0.25, -0.2) is 17.6 Å². The van der Waals surface area contributed by atoms with Gasteiger partial charge >= 0.3 is 0 Å². The average molecular weight is 206 g/mol. The second-order valence-corrected chi connectivity index (χ2v) is 2.40. The number of alkyl halides is 6. The van der Waals surface area contributed by atoms with Gasteiger partial charge in [-0.1, -0.05) is 6.58 Å². The molecule has 0 aromatic carbocycles. The lowest BCUT2D eigenvalue weighted by atomic mass is 10.1. The molecule has 0 saturated heterocycles. The summed E-state index contributed by atoms with van der Waals surface area (Å²) in [6, 6.07) is 0. The minimum atomic E-state index is -4.18. The van der Waals surface area contributed by atoms with Crippen molar-refractivity contribution in [3.05, 3.63) is 12.7 Å². The third kappa shape index (κ3) is 2.93. The third-order valence-electron chi connectivity index (χ3n) is 1.41. The highest BCUT2D eigenvalue weighted by atomic mass is 19.3. The van der Waals surface area contributed by atoms with Crippen molar-refractivity contribution in [1.29, 1.82) is 0 Å². The zero-order chi connectivity index (χ0) is 10.6. The van der Waals surface area contributed by atoms with Gasteiger partial charge in [0.1, 0.15) is 6.67 Å². The van der Waals surface area contributed by atoms with Crippen molar-refractivity contribution in [2.75, 3.05) is 6.67 Å². The smallest absolute Gasteiger partial charge is 0.248 e. The molecule has 6 heteroatoms. The van der Waals surface area contributed by atoms with E-state index in [2.05, 4.69) is 6.58 Å². The van der Waals surface area contributed by atoms with Crippen LogP contribution in [0.25, 0.3) is 0 Å². The molecule has 0 aliphatic heterocycles. The van der Waals surface area contributed by atoms with E-state index in [9.17, 15) is 26.3 Å². The first-order valence-corrected chi connectivity index (χ1v) is 3.36. The Morgan fingerprint density at radius 1 is 1.23 bits per heavy atom. The molecule has 0 nitrogen and oxygen atoms in total. The number of hydrogen-bond acceptors (Lipinski definition) is 0. The van der Waals surface area contributed by atoms with E-state index >= 15 is 0 Å². The maximum Gasteiger partial charge on any atom is 0.299 e. The predicted octanol–water partition coefficient (Wildman–Crippen LogP) is 2.79. The van der Waals surface area contributed by atoms with Crippen LogP contribution in [0.1, 0.15) is 0 Å². The van der Waals surface area contributed by atoms with Crippen molar-refractivity contribution in [3.63, 3.8) is 0 Å². The van der Waals surface area contributed by atoms with Gasteiger partial charge in [-0.05, 0) is 6.08 Å². The predicted molar refractivity (Wildman–Crippen MR) is 35.8 cm³/mol. The molecule has 13 heavy (non-hydrogen) atoms. The highest BCUT2D eigenvalue weighted by Crippen LogP contribution is 2.28. The zero-order valence-electron chi connectivity index (χ0n) is 6.49. The van der Waals surface area contributed by atoms with Crippen molar-refractivity contribution in [2.24, 2.45) is 0 Å². The van der Waals surface area contributed by atoms with Crippen LogP contribution in [-0.2, 0) is 0 Å². The Morgan fingerprint density at radius 2 is 1.69 bits per heavy atom. The first-order valence-electron chi connectivity index (χ1n) is 3.36. The van der Waals surface area contributed by atoms with E-state index in [0.29, 0.717) is 0 Å². The summed E-state index contributed by atoms with van der Waals surface area (Å²) >= 11 is 0. The van der Waals surface area contributed by atoms with Gasteiger partial charge in [-0.15, -0.1) is 0 Å². The van der Waals surface area contributed by atoms with Crippen molar-refractivity contribution >= 4 is 0 Å². The zero-order valence-corrected chi connectivity index (χ0v) is 6.49. The maximum atomic E-state index is 12.4. The summed E-state index contributed by atoms with van der Waals surface area (Å²) in [6.07, 6.45) is -9.61. The van der Waals surface area contributed by atoms with Crippen molar-refractivity contribution in [2.45, 2.75) is 24.4 Å². The topological polar surface area (TPSA) is 0 Å². The monoisotopic (exact) mass is 206 g/mol. The Labute approximate surface area is 71.2 Å². The lowest BCUT2D eigenvalue weighted by Gasteiger charge is -2.21. The number of rotatable bonds is 5. The van der Waals surface area contributed by atoms with Gasteiger partial charge in [0.15, 0.2) is 12.3 Å². The molecule has 0 aliphatic rings. The first-order chi connectivity index (χ1) is 5.86. The molecule has 0 amide bonds. The molecule has 0 saturated carbocycles. The Bertz CT molecular complexity index is 168. The van der Waals surface area contributed by atoms with Crippen LogP contribution in [0, 0.1) is 0 Å². The summed E-state index contributed by atoms with van der Waals surface area (Å²) in [5, 5.41) is 0. The Balaban J connectivity index is 4.40. The second kappa shape index (κ2) is 4.53. The van der Waals surface area contributed by atoms with E-state index in [-0.39, 0.29) is 6.08 Å². The van der Waals surface area contributed by atoms with Crippen LogP contribution >= 0.6 is 0 Å². The molecule has 3 atom stereocenters. The van der Waals surface area contributed by atoms with Gasteiger partial charge in [0, 0.05) is 0 Å². The summed E-state index contributed by atoms with van der Waals surface area (Å²) < 4.78 is 72.8. The number of allylic oxidation sites excluding steroid dienone is 1. The van der Waals surface area contributed by atoms with Gasteiger partial charge in [0.05, 0.1) is 0 Å². The minimum Gasteiger partial charge on any atom is -0.248 e. The van der Waals surface area contributed by atoms with Crippen LogP contribution in [0.5, 0.6) is 0 Å². The van der Waals surface area contributed by atoms with Crippen LogP contribution in [0.3, 0.4) is 0 Å². The summed E-state index contributed by atoms with van der Waals surface area (Å²) in [6.45, 7) is 0.710. The highest BCUT2D eigenvalue weighted by molar-refractivity contribution is 4.98. The van der Waals surface area contributed by atoms with Gasteiger partial charge in [-0.2, -0.15) is 8.78 Å². The molecular formula is C7H8F6. The highest BCUT2D eigenvalue weighted by Gasteiger charge is 2.46. The molecule has 0 radical (unpaired) electrons. The average Bonchev–Trinajstić information content (AvgIpc) is 2.14. The molecule has 0 rings (SSSR count). The lowest BCUT2D eigenvalue weighted by molar-refractivity contribution is -0.0789. The van der Waals surface area contributed by atoms with Gasteiger partial charge in [0.25, 0.3) is 5.92 Å². The fourth-order valence-electron chi connectivity index (χ4n) is 0.593. The van der Waals surface area contributed by atoms with E-state index in [4.69, 9.17) is 0 Å². The van der Waals surface area contributed by atoms with E-state index in [1.807, 2.05) is 0 Å². The minimum absolute atomic E-state index is 0.144. The molecule has 0 heterocycles. The van der Waals surface area contributed by atoms with E-state index in [1.165, 1.54) is 0 Å². The SMILES string of the molecule is C=CC(F)(F)C(F)C(F)C(F)CF. The van der Waals surface area contributed by atoms with Crippen LogP contribution < -0.4 is 0 Å². The molecule has 0 aromatic rings. The van der Waals surface area contributed by atoms with Crippen molar-refractivity contribution in [1.82, 2.24) is 0 Å². The maximum absolute atomic E-state index is 12.4. The number of hydrogen-bond donors (Lipinski definition) is 0. The summed E-state index contributed by atoms with van der Waals surface area (Å²) in [4.78, 5) is 0. The van der Waals surface area contributed by atoms with Gasteiger partial charge < -0.3 is 0 Å². The fourth-order valence-corrected chi connectivity index (χ4v) is 0.593. The Hall–Kier alpha value is -0.680. The van der Waals surface area contributed by atoms with Crippen molar-refractivity contribution < 1.29 is 26.3 Å². The summed E-state index contributed by atoms with van der Waals surface area (Å²) in [5.74, 6) is -4.18. The molecule has 0 fully saturated rings. The van der Waals surface area contributed by atoms with Crippen LogP contribution in [0.15, 0.2) is 12.7 Å². The van der Waals surface area contributed by atoms with Crippen LogP contribution in [-0.4, -0.2) is 31.1 Å². The first kappa shape index (κ1) is 12.3. The Kier molecular flexibility index (Phi) is 4.29. The molecule has 78 valence electrons. The molecule has 0 N–H and O–H groups in total. The second-order valence-electron chi connectivity index (χ2n) is 2.40. The van der Waals surface area contributed by atoms with Gasteiger partial charge in [-0.3, -0.25) is 0 Å². The third-order valence-corrected chi connectivity index (χ3v) is 1.41. The number of halogens is 6. The van der Waals surface area contributed by atoms with Crippen LogP contribution in [0.4, 0.5) is 26.3 Å². The summed E-state index contributed by atoms with van der Waals surface area (Å²) in [7, 11) is 0. The van der Waals surface area contributed by atoms with E-state index in [0.717, 1.165) is 0 Å². The quantitative estimate of drug-likeness (QED) is 0.479. The molecule has 0 spiro atoms. The van der Waals surface area contributed by atoms with E-state index in [1.54, 1.807) is 0 Å². The normalized spacial score (nSPS) is 19.2. The summed E-state index contributed by atoms with van der Waals surface area (Å²) in [5.41, 5.74) is 0. The van der Waals surface area contributed by atoms with Crippen molar-refractivity contribution in [3.8, 4) is 0 Å². The Morgan fingerprint density at radius 3 is 2.00 bits per heavy atom. The molecule has 3 unspecified atom stereocenters. The van der Waals surface area contributed by atoms with E-state index < -0.39 is 31.1 Å². The molecular weight excluding hydrogens is 198 g/mol. The fraction of sp³-hybridized carbons (Fsp3) is 0.714. The molecule has 0 bridgehead atoms. The molecule has 0 aromatic heterocycles. The lowest BCUT2D eigenvalue weighted by Crippen LogP contribution is -2.41. The largest absolute Gasteiger partial charge is 0.299 e. The molecule has 0 aliphatic carbocycles.